The topological polar surface area (TPSA) is 40.5 Å². The number of carbonyl (C=O) groups is 1. The van der Waals surface area contributed by atoms with Gasteiger partial charge in [-0.2, -0.15) is 11.8 Å². The van der Waals surface area contributed by atoms with Crippen LogP contribution in [0.3, 0.4) is 0 Å². The molecular formula is C13H16FNO2S. The number of hydrogen-bond acceptors (Lipinski definition) is 3. The van der Waals surface area contributed by atoms with Crippen LogP contribution in [0.4, 0.5) is 4.39 Å². The van der Waals surface area contributed by atoms with Crippen molar-refractivity contribution in [1.82, 2.24) is 4.90 Å². The maximum Gasteiger partial charge on any atom is 0.304 e. The molecule has 0 radical (unpaired) electrons. The zero-order chi connectivity index (χ0) is 13.0. The van der Waals surface area contributed by atoms with Crippen LogP contribution in [0.2, 0.25) is 0 Å². The number of halogens is 1. The molecular weight excluding hydrogens is 253 g/mol. The fourth-order valence-corrected chi connectivity index (χ4v) is 3.24. The van der Waals surface area contributed by atoms with E-state index in [2.05, 4.69) is 4.90 Å². The number of hydrogen-bond donors (Lipinski definition) is 1. The molecule has 0 aromatic heterocycles. The lowest BCUT2D eigenvalue weighted by Crippen LogP contribution is -2.42. The Morgan fingerprint density at radius 1 is 1.44 bits per heavy atom. The van der Waals surface area contributed by atoms with Gasteiger partial charge in [0.2, 0.25) is 0 Å². The molecule has 1 fully saturated rings. The average molecular weight is 269 g/mol. The molecule has 0 amide bonds. The Morgan fingerprint density at radius 3 is 2.83 bits per heavy atom. The first kappa shape index (κ1) is 13.4. The predicted octanol–water partition coefficient (Wildman–Crippen LogP) is 2.22. The first-order chi connectivity index (χ1) is 8.65. The molecule has 1 aromatic rings. The lowest BCUT2D eigenvalue weighted by Gasteiger charge is -2.34. The Hall–Kier alpha value is -1.07. The highest BCUT2D eigenvalue weighted by atomic mass is 32.2. The molecule has 1 unspecified atom stereocenters. The summed E-state index contributed by atoms with van der Waals surface area (Å²) in [6, 6.07) is 6.48. The van der Waals surface area contributed by atoms with Gasteiger partial charge in [-0.25, -0.2) is 4.39 Å². The van der Waals surface area contributed by atoms with Crippen molar-refractivity contribution in [1.29, 1.82) is 0 Å². The van der Waals surface area contributed by atoms with Crippen molar-refractivity contribution in [3.05, 3.63) is 35.6 Å². The highest BCUT2D eigenvalue weighted by molar-refractivity contribution is 7.99. The summed E-state index contributed by atoms with van der Waals surface area (Å²) < 4.78 is 12.8. The second kappa shape index (κ2) is 6.20. The van der Waals surface area contributed by atoms with Crippen LogP contribution in [0.15, 0.2) is 24.3 Å². The van der Waals surface area contributed by atoms with Crippen molar-refractivity contribution in [2.24, 2.45) is 0 Å². The van der Waals surface area contributed by atoms with Gasteiger partial charge in [0, 0.05) is 30.6 Å². The van der Waals surface area contributed by atoms with Crippen LogP contribution in [-0.4, -0.2) is 40.1 Å². The van der Waals surface area contributed by atoms with Gasteiger partial charge in [0.1, 0.15) is 5.82 Å². The molecule has 2 rings (SSSR count). The number of rotatable bonds is 4. The van der Waals surface area contributed by atoms with Gasteiger partial charge in [-0.15, -0.1) is 0 Å². The average Bonchev–Trinajstić information content (AvgIpc) is 2.34. The SMILES string of the molecule is O=C(O)CC1CSCCN1Cc1ccc(F)cc1. The van der Waals surface area contributed by atoms with E-state index in [4.69, 9.17) is 5.11 Å². The summed E-state index contributed by atoms with van der Waals surface area (Å²) in [5.41, 5.74) is 1.03. The van der Waals surface area contributed by atoms with E-state index in [1.165, 1.54) is 12.1 Å². The molecule has 1 aliphatic heterocycles. The summed E-state index contributed by atoms with van der Waals surface area (Å²) in [5.74, 6) is 0.881. The first-order valence-corrected chi connectivity index (χ1v) is 7.08. The minimum absolute atomic E-state index is 0.0753. The van der Waals surface area contributed by atoms with Gasteiger partial charge in [0.05, 0.1) is 6.42 Å². The highest BCUT2D eigenvalue weighted by Crippen LogP contribution is 2.21. The normalized spacial score (nSPS) is 20.8. The molecule has 0 bridgehead atoms. The first-order valence-electron chi connectivity index (χ1n) is 5.93. The summed E-state index contributed by atoms with van der Waals surface area (Å²) in [7, 11) is 0. The molecule has 1 N–H and O–H groups in total. The van der Waals surface area contributed by atoms with Gasteiger partial charge in [0.25, 0.3) is 0 Å². The Kier molecular flexibility index (Phi) is 4.60. The molecule has 1 saturated heterocycles. The summed E-state index contributed by atoms with van der Waals surface area (Å²) in [6.07, 6.45) is 0.175. The van der Waals surface area contributed by atoms with E-state index in [0.29, 0.717) is 6.54 Å². The van der Waals surface area contributed by atoms with E-state index >= 15 is 0 Å². The van der Waals surface area contributed by atoms with E-state index in [9.17, 15) is 9.18 Å². The lowest BCUT2D eigenvalue weighted by molar-refractivity contribution is -0.138. The van der Waals surface area contributed by atoms with Crippen LogP contribution in [0, 0.1) is 5.82 Å². The Bertz CT molecular complexity index is 410. The number of thioether (sulfide) groups is 1. The van der Waals surface area contributed by atoms with E-state index in [-0.39, 0.29) is 18.3 Å². The molecule has 98 valence electrons. The van der Waals surface area contributed by atoms with Crippen molar-refractivity contribution < 1.29 is 14.3 Å². The number of carboxylic acid groups (broad SMARTS) is 1. The summed E-state index contributed by atoms with van der Waals surface area (Å²) in [6.45, 7) is 1.58. The third kappa shape index (κ3) is 3.71. The minimum Gasteiger partial charge on any atom is -0.481 e. The van der Waals surface area contributed by atoms with E-state index in [1.807, 2.05) is 0 Å². The van der Waals surface area contributed by atoms with Crippen molar-refractivity contribution in [2.75, 3.05) is 18.1 Å². The predicted molar refractivity (Wildman–Crippen MR) is 70.2 cm³/mol. The van der Waals surface area contributed by atoms with Gasteiger partial charge in [-0.05, 0) is 17.7 Å². The van der Waals surface area contributed by atoms with E-state index in [1.54, 1.807) is 23.9 Å². The molecule has 0 aliphatic carbocycles. The second-order valence-electron chi connectivity index (χ2n) is 4.42. The van der Waals surface area contributed by atoms with Crippen molar-refractivity contribution >= 4 is 17.7 Å². The largest absolute Gasteiger partial charge is 0.481 e. The summed E-state index contributed by atoms with van der Waals surface area (Å²) in [5, 5.41) is 8.90. The lowest BCUT2D eigenvalue weighted by atomic mass is 10.1. The molecule has 5 heteroatoms. The van der Waals surface area contributed by atoms with Gasteiger partial charge in [0.15, 0.2) is 0 Å². The minimum atomic E-state index is -0.758. The van der Waals surface area contributed by atoms with Crippen LogP contribution < -0.4 is 0 Å². The van der Waals surface area contributed by atoms with Gasteiger partial charge < -0.3 is 5.11 Å². The zero-order valence-electron chi connectivity index (χ0n) is 10.0. The molecule has 0 saturated carbocycles. The third-order valence-corrected chi connectivity index (χ3v) is 4.15. The molecule has 1 atom stereocenters. The molecule has 0 spiro atoms. The monoisotopic (exact) mass is 269 g/mol. The van der Waals surface area contributed by atoms with Crippen molar-refractivity contribution in [2.45, 2.75) is 19.0 Å². The zero-order valence-corrected chi connectivity index (χ0v) is 10.8. The fraction of sp³-hybridized carbons (Fsp3) is 0.462. The number of aliphatic carboxylic acids is 1. The van der Waals surface area contributed by atoms with Crippen molar-refractivity contribution in [3.63, 3.8) is 0 Å². The van der Waals surface area contributed by atoms with E-state index in [0.717, 1.165) is 23.6 Å². The number of benzene rings is 1. The standard InChI is InChI=1S/C13H16FNO2S/c14-11-3-1-10(2-4-11)8-15-5-6-18-9-12(15)7-13(16)17/h1-4,12H,5-9H2,(H,16,17). The smallest absolute Gasteiger partial charge is 0.304 e. The second-order valence-corrected chi connectivity index (χ2v) is 5.57. The van der Waals surface area contributed by atoms with Crippen molar-refractivity contribution in [3.8, 4) is 0 Å². The molecule has 3 nitrogen and oxygen atoms in total. The summed E-state index contributed by atoms with van der Waals surface area (Å²) >= 11 is 1.80. The maximum absolute atomic E-state index is 12.8. The Morgan fingerprint density at radius 2 is 2.17 bits per heavy atom. The fourth-order valence-electron chi connectivity index (χ4n) is 2.11. The Labute approximate surface area is 110 Å². The van der Waals surface area contributed by atoms with E-state index < -0.39 is 5.97 Å². The molecule has 1 aliphatic rings. The molecule has 18 heavy (non-hydrogen) atoms. The quantitative estimate of drug-likeness (QED) is 0.910. The molecule has 1 heterocycles. The van der Waals surface area contributed by atoms with Crippen LogP contribution in [0.1, 0.15) is 12.0 Å². The number of carboxylic acids is 1. The Balaban J connectivity index is 2.00. The van der Waals surface area contributed by atoms with Gasteiger partial charge >= 0.3 is 5.97 Å². The summed E-state index contributed by atoms with van der Waals surface area (Å²) in [4.78, 5) is 13.0. The third-order valence-electron chi connectivity index (χ3n) is 3.06. The number of nitrogens with zero attached hydrogens (tertiary/aromatic N) is 1. The van der Waals surface area contributed by atoms with Crippen LogP contribution in [0.5, 0.6) is 0 Å². The van der Waals surface area contributed by atoms with Gasteiger partial charge in [-0.1, -0.05) is 12.1 Å². The van der Waals surface area contributed by atoms with Crippen LogP contribution in [-0.2, 0) is 11.3 Å². The van der Waals surface area contributed by atoms with Gasteiger partial charge in [-0.3, -0.25) is 9.69 Å². The molecule has 1 aromatic carbocycles. The highest BCUT2D eigenvalue weighted by Gasteiger charge is 2.24. The van der Waals surface area contributed by atoms with Crippen LogP contribution in [0.25, 0.3) is 0 Å². The van der Waals surface area contributed by atoms with Crippen LogP contribution >= 0.6 is 11.8 Å². The maximum atomic E-state index is 12.8.